The number of hydrazone groups is 1. The Hall–Kier alpha value is -0.970. The van der Waals surface area contributed by atoms with Gasteiger partial charge in [0.25, 0.3) is 0 Å². The molecule has 0 aliphatic carbocycles. The van der Waals surface area contributed by atoms with Crippen molar-refractivity contribution in [1.82, 2.24) is 9.80 Å². The Morgan fingerprint density at radius 3 is 2.64 bits per heavy atom. The van der Waals surface area contributed by atoms with Crippen molar-refractivity contribution in [2.24, 2.45) is 16.7 Å². The fraction of sp³-hybridized carbons (Fsp3) is 0.889. The van der Waals surface area contributed by atoms with Crippen LogP contribution in [0.5, 0.6) is 0 Å². The summed E-state index contributed by atoms with van der Waals surface area (Å²) in [5.74, 6) is 5.60. The molecule has 5 nitrogen and oxygen atoms in total. The number of likely N-dealkylation sites (tertiary alicyclic amines) is 1. The highest BCUT2D eigenvalue weighted by atomic mass is 15.4. The molecule has 0 aromatic carbocycles. The first-order valence-electron chi connectivity index (χ1n) is 5.25. The van der Waals surface area contributed by atoms with Crippen LogP contribution in [-0.2, 0) is 0 Å². The molecular formula is C9H21N5. The summed E-state index contributed by atoms with van der Waals surface area (Å²) in [7, 11) is 0. The van der Waals surface area contributed by atoms with Gasteiger partial charge in [-0.2, -0.15) is 0 Å². The van der Waals surface area contributed by atoms with E-state index in [4.69, 9.17) is 11.6 Å². The monoisotopic (exact) mass is 199 g/mol. The van der Waals surface area contributed by atoms with Gasteiger partial charge in [-0.25, -0.2) is 0 Å². The Morgan fingerprint density at radius 1 is 1.50 bits per heavy atom. The Labute approximate surface area is 85.7 Å². The molecule has 0 amide bonds. The lowest BCUT2D eigenvalue weighted by Crippen LogP contribution is -2.41. The molecule has 0 saturated carbocycles. The quantitative estimate of drug-likeness (QED) is 0.280. The first kappa shape index (κ1) is 11.1. The maximum absolute atomic E-state index is 5.66. The van der Waals surface area contributed by atoms with E-state index in [1.54, 1.807) is 0 Å². The average Bonchev–Trinajstić information content (AvgIpc) is 2.68. The van der Waals surface area contributed by atoms with Crippen molar-refractivity contribution >= 4 is 5.96 Å². The molecule has 0 aromatic rings. The third kappa shape index (κ3) is 2.29. The highest BCUT2D eigenvalue weighted by molar-refractivity contribution is 5.78. The number of likely N-dealkylation sites (N-methyl/N-ethyl adjacent to an activating group) is 1. The lowest BCUT2D eigenvalue weighted by molar-refractivity contribution is 0.223. The second-order valence-corrected chi connectivity index (χ2v) is 3.60. The molecule has 0 aromatic heterocycles. The van der Waals surface area contributed by atoms with Crippen LogP contribution in [-0.4, -0.2) is 48.0 Å². The summed E-state index contributed by atoms with van der Waals surface area (Å²) in [5.41, 5.74) is 5.66. The van der Waals surface area contributed by atoms with Crippen LogP contribution in [0.15, 0.2) is 5.10 Å². The Morgan fingerprint density at radius 2 is 2.14 bits per heavy atom. The van der Waals surface area contributed by atoms with Gasteiger partial charge in [0, 0.05) is 19.1 Å². The molecule has 82 valence electrons. The number of guanidine groups is 1. The molecule has 0 radical (unpaired) electrons. The van der Waals surface area contributed by atoms with Crippen LogP contribution >= 0.6 is 0 Å². The minimum atomic E-state index is 0.458. The average molecular weight is 199 g/mol. The molecule has 1 saturated heterocycles. The van der Waals surface area contributed by atoms with E-state index >= 15 is 0 Å². The third-order valence-corrected chi connectivity index (χ3v) is 2.95. The first-order chi connectivity index (χ1) is 6.72. The van der Waals surface area contributed by atoms with E-state index in [1.807, 2.05) is 4.90 Å². The van der Waals surface area contributed by atoms with Crippen LogP contribution < -0.4 is 11.6 Å². The summed E-state index contributed by atoms with van der Waals surface area (Å²) in [6.45, 7) is 8.48. The molecule has 1 rings (SSSR count). The lowest BCUT2D eigenvalue weighted by atomic mass is 10.2. The van der Waals surface area contributed by atoms with Gasteiger partial charge in [-0.15, -0.1) is 5.10 Å². The van der Waals surface area contributed by atoms with Crippen molar-refractivity contribution in [3.63, 3.8) is 0 Å². The zero-order valence-electron chi connectivity index (χ0n) is 9.11. The highest BCUT2D eigenvalue weighted by Gasteiger charge is 2.26. The van der Waals surface area contributed by atoms with Crippen molar-refractivity contribution in [3.8, 4) is 0 Å². The zero-order valence-corrected chi connectivity index (χ0v) is 9.11. The fourth-order valence-electron chi connectivity index (χ4n) is 2.07. The third-order valence-electron chi connectivity index (χ3n) is 2.95. The molecule has 4 N–H and O–H groups in total. The van der Waals surface area contributed by atoms with Crippen molar-refractivity contribution in [3.05, 3.63) is 0 Å². The topological polar surface area (TPSA) is 70.9 Å². The second kappa shape index (κ2) is 5.05. The van der Waals surface area contributed by atoms with Gasteiger partial charge in [0.2, 0.25) is 5.96 Å². The predicted molar refractivity (Wildman–Crippen MR) is 58.7 cm³/mol. The smallest absolute Gasteiger partial charge is 0.213 e. The fourth-order valence-corrected chi connectivity index (χ4v) is 2.07. The summed E-state index contributed by atoms with van der Waals surface area (Å²) in [6, 6.07) is 0.602. The largest absolute Gasteiger partial charge is 0.368 e. The minimum Gasteiger partial charge on any atom is -0.368 e. The first-order valence-corrected chi connectivity index (χ1v) is 5.25. The second-order valence-electron chi connectivity index (χ2n) is 3.60. The van der Waals surface area contributed by atoms with Crippen LogP contribution in [0.3, 0.4) is 0 Å². The molecule has 0 bridgehead atoms. The molecule has 1 aliphatic rings. The molecule has 1 aliphatic heterocycles. The van der Waals surface area contributed by atoms with E-state index in [0.717, 1.165) is 32.6 Å². The molecule has 14 heavy (non-hydrogen) atoms. The standard InChI is InChI=1S/C9H21N5/c1-3-13(4-2)8-5-6-14(7-8)9(10)12-11/h8H,3-7,11H2,1-2H3,(H2,10,12). The Balaban J connectivity index is 2.48. The summed E-state index contributed by atoms with van der Waals surface area (Å²) < 4.78 is 0. The normalized spacial score (nSPS) is 23.5. The molecule has 1 unspecified atom stereocenters. The van der Waals surface area contributed by atoms with Gasteiger partial charge in [0.05, 0.1) is 0 Å². The predicted octanol–water partition coefficient (Wildman–Crippen LogP) is -0.409. The molecule has 1 fully saturated rings. The molecule has 5 heteroatoms. The minimum absolute atomic E-state index is 0.458. The Bertz CT molecular complexity index is 199. The summed E-state index contributed by atoms with van der Waals surface area (Å²) in [5, 5.41) is 3.52. The van der Waals surface area contributed by atoms with E-state index in [0.29, 0.717) is 12.0 Å². The lowest BCUT2D eigenvalue weighted by Gasteiger charge is -2.26. The van der Waals surface area contributed by atoms with E-state index in [1.165, 1.54) is 0 Å². The number of rotatable bonds is 3. The molecule has 1 atom stereocenters. The van der Waals surface area contributed by atoms with E-state index in [-0.39, 0.29) is 0 Å². The molecule has 0 spiro atoms. The van der Waals surface area contributed by atoms with Crippen molar-refractivity contribution < 1.29 is 0 Å². The van der Waals surface area contributed by atoms with Crippen LogP contribution in [0, 0.1) is 0 Å². The number of nitrogens with zero attached hydrogens (tertiary/aromatic N) is 3. The van der Waals surface area contributed by atoms with Gasteiger partial charge in [-0.05, 0) is 19.5 Å². The number of hydrogen-bond acceptors (Lipinski definition) is 3. The summed E-state index contributed by atoms with van der Waals surface area (Å²) >= 11 is 0. The van der Waals surface area contributed by atoms with Gasteiger partial charge < -0.3 is 16.5 Å². The highest BCUT2D eigenvalue weighted by Crippen LogP contribution is 2.14. The van der Waals surface area contributed by atoms with Crippen LogP contribution in [0.4, 0.5) is 0 Å². The molecule has 1 heterocycles. The summed E-state index contributed by atoms with van der Waals surface area (Å²) in [6.07, 6.45) is 1.15. The maximum Gasteiger partial charge on any atom is 0.213 e. The van der Waals surface area contributed by atoms with Crippen molar-refractivity contribution in [2.45, 2.75) is 26.3 Å². The maximum atomic E-state index is 5.66. The van der Waals surface area contributed by atoms with E-state index in [9.17, 15) is 0 Å². The Kier molecular flexibility index (Phi) is 4.00. The van der Waals surface area contributed by atoms with Gasteiger partial charge in [-0.1, -0.05) is 13.8 Å². The van der Waals surface area contributed by atoms with E-state index in [2.05, 4.69) is 23.8 Å². The van der Waals surface area contributed by atoms with Gasteiger partial charge >= 0.3 is 0 Å². The van der Waals surface area contributed by atoms with E-state index < -0.39 is 0 Å². The van der Waals surface area contributed by atoms with Crippen LogP contribution in [0.1, 0.15) is 20.3 Å². The SMILES string of the molecule is CCN(CC)C1CCN(C(N)=NN)C1. The van der Waals surface area contributed by atoms with Gasteiger partial charge in [0.15, 0.2) is 0 Å². The van der Waals surface area contributed by atoms with Crippen LogP contribution in [0.2, 0.25) is 0 Å². The van der Waals surface area contributed by atoms with Gasteiger partial charge in [-0.3, -0.25) is 4.90 Å². The van der Waals surface area contributed by atoms with Gasteiger partial charge in [0.1, 0.15) is 0 Å². The summed E-state index contributed by atoms with van der Waals surface area (Å²) in [4.78, 5) is 4.49. The number of hydrogen-bond donors (Lipinski definition) is 2. The number of nitrogens with two attached hydrogens (primary N) is 2. The van der Waals surface area contributed by atoms with Crippen molar-refractivity contribution in [2.75, 3.05) is 26.2 Å². The van der Waals surface area contributed by atoms with Crippen LogP contribution in [0.25, 0.3) is 0 Å². The molecular weight excluding hydrogens is 178 g/mol. The van der Waals surface area contributed by atoms with Crippen molar-refractivity contribution in [1.29, 1.82) is 0 Å². The zero-order chi connectivity index (χ0) is 10.6.